The average molecular weight is 320 g/mol. The molecule has 0 atom stereocenters. The summed E-state index contributed by atoms with van der Waals surface area (Å²) in [6.45, 7) is 2.44. The molecule has 0 saturated carbocycles. The Balaban J connectivity index is 1.57. The van der Waals surface area contributed by atoms with Crippen LogP contribution < -0.4 is 10.6 Å². The van der Waals surface area contributed by atoms with Crippen LogP contribution in [-0.4, -0.2) is 42.0 Å². The number of halogens is 1. The predicted octanol–water partition coefficient (Wildman–Crippen LogP) is 1.76. The van der Waals surface area contributed by atoms with Gasteiger partial charge in [0.1, 0.15) is 5.82 Å². The standard InChI is InChI=1S/C15H17FN4OS/c16-12-3-1-2-4-13(12)19-5-7-20(8-6-19)14(21)9-11-10-22-15(17)18-11/h1-4,10H,5-9H2,(H2,17,18). The quantitative estimate of drug-likeness (QED) is 0.936. The smallest absolute Gasteiger partial charge is 0.228 e. The van der Waals surface area contributed by atoms with Gasteiger partial charge in [0.2, 0.25) is 5.91 Å². The number of hydrogen-bond acceptors (Lipinski definition) is 5. The molecule has 1 aromatic carbocycles. The zero-order valence-electron chi connectivity index (χ0n) is 12.0. The van der Waals surface area contributed by atoms with Crippen LogP contribution in [-0.2, 0) is 11.2 Å². The third-order valence-electron chi connectivity index (χ3n) is 3.73. The highest BCUT2D eigenvalue weighted by atomic mass is 32.1. The van der Waals surface area contributed by atoms with E-state index in [-0.39, 0.29) is 18.1 Å². The van der Waals surface area contributed by atoms with E-state index in [4.69, 9.17) is 5.73 Å². The van der Waals surface area contributed by atoms with Crippen molar-refractivity contribution in [2.24, 2.45) is 0 Å². The molecule has 0 aliphatic carbocycles. The molecule has 0 bridgehead atoms. The number of thiazole rings is 1. The van der Waals surface area contributed by atoms with Crippen LogP contribution in [0.5, 0.6) is 0 Å². The van der Waals surface area contributed by atoms with Gasteiger partial charge in [-0.25, -0.2) is 9.37 Å². The molecule has 0 unspecified atom stereocenters. The second kappa shape index (κ2) is 6.31. The van der Waals surface area contributed by atoms with E-state index in [1.807, 2.05) is 16.3 Å². The van der Waals surface area contributed by atoms with E-state index in [9.17, 15) is 9.18 Å². The van der Waals surface area contributed by atoms with Gasteiger partial charge in [0.05, 0.1) is 17.8 Å². The number of para-hydroxylation sites is 1. The summed E-state index contributed by atoms with van der Waals surface area (Å²) < 4.78 is 13.8. The number of amides is 1. The molecule has 1 aliphatic heterocycles. The molecule has 0 radical (unpaired) electrons. The minimum absolute atomic E-state index is 0.0403. The van der Waals surface area contributed by atoms with Gasteiger partial charge in [0, 0.05) is 31.6 Å². The summed E-state index contributed by atoms with van der Waals surface area (Å²) in [7, 11) is 0. The van der Waals surface area contributed by atoms with Crippen LogP contribution in [0.4, 0.5) is 15.2 Å². The van der Waals surface area contributed by atoms with Gasteiger partial charge in [-0.05, 0) is 12.1 Å². The fraction of sp³-hybridized carbons (Fsp3) is 0.333. The van der Waals surface area contributed by atoms with E-state index in [1.54, 1.807) is 17.0 Å². The molecular formula is C15H17FN4OS. The first-order chi connectivity index (χ1) is 10.6. The van der Waals surface area contributed by atoms with Gasteiger partial charge in [0.25, 0.3) is 0 Å². The highest BCUT2D eigenvalue weighted by Gasteiger charge is 2.23. The van der Waals surface area contributed by atoms with Gasteiger partial charge >= 0.3 is 0 Å². The number of nitrogen functional groups attached to an aromatic ring is 1. The third kappa shape index (κ3) is 3.19. The topological polar surface area (TPSA) is 62.5 Å². The first-order valence-corrected chi connectivity index (χ1v) is 7.98. The van der Waals surface area contributed by atoms with Crippen molar-refractivity contribution in [3.63, 3.8) is 0 Å². The lowest BCUT2D eigenvalue weighted by atomic mass is 10.2. The fourth-order valence-electron chi connectivity index (χ4n) is 2.58. The van der Waals surface area contributed by atoms with E-state index in [0.717, 1.165) is 0 Å². The third-order valence-corrected chi connectivity index (χ3v) is 4.45. The number of benzene rings is 1. The molecule has 2 aromatic rings. The summed E-state index contributed by atoms with van der Waals surface area (Å²) in [6.07, 6.45) is 0.271. The maximum absolute atomic E-state index is 13.8. The van der Waals surface area contributed by atoms with Crippen LogP contribution in [0.3, 0.4) is 0 Å². The maximum atomic E-state index is 13.8. The number of carbonyl (C=O) groups excluding carboxylic acids is 1. The van der Waals surface area contributed by atoms with Crippen LogP contribution in [0.15, 0.2) is 29.6 Å². The van der Waals surface area contributed by atoms with Gasteiger partial charge in [-0.2, -0.15) is 0 Å². The number of nitrogens with two attached hydrogens (primary N) is 1. The second-order valence-electron chi connectivity index (χ2n) is 5.17. The molecule has 116 valence electrons. The molecule has 2 heterocycles. The normalized spacial score (nSPS) is 15.1. The van der Waals surface area contributed by atoms with Gasteiger partial charge in [0.15, 0.2) is 5.13 Å². The van der Waals surface area contributed by atoms with Gasteiger partial charge in [-0.3, -0.25) is 4.79 Å². The van der Waals surface area contributed by atoms with Crippen molar-refractivity contribution in [1.29, 1.82) is 0 Å². The van der Waals surface area contributed by atoms with E-state index in [1.165, 1.54) is 17.4 Å². The molecular weight excluding hydrogens is 303 g/mol. The zero-order chi connectivity index (χ0) is 15.5. The van der Waals surface area contributed by atoms with Crippen LogP contribution in [0.2, 0.25) is 0 Å². The molecule has 1 fully saturated rings. The van der Waals surface area contributed by atoms with Crippen LogP contribution in [0.25, 0.3) is 0 Å². The average Bonchev–Trinajstić information content (AvgIpc) is 2.93. The number of hydrogen-bond donors (Lipinski definition) is 1. The highest BCUT2D eigenvalue weighted by Crippen LogP contribution is 2.20. The van der Waals surface area contributed by atoms with E-state index in [2.05, 4.69) is 4.98 Å². The molecule has 3 rings (SSSR count). The molecule has 5 nitrogen and oxygen atoms in total. The molecule has 0 spiro atoms. The molecule has 2 N–H and O–H groups in total. The zero-order valence-corrected chi connectivity index (χ0v) is 12.9. The summed E-state index contributed by atoms with van der Waals surface area (Å²) in [5, 5.41) is 2.29. The predicted molar refractivity (Wildman–Crippen MR) is 85.4 cm³/mol. The summed E-state index contributed by atoms with van der Waals surface area (Å²) in [6, 6.07) is 6.73. The van der Waals surface area contributed by atoms with Crippen molar-refractivity contribution < 1.29 is 9.18 Å². The lowest BCUT2D eigenvalue weighted by Crippen LogP contribution is -2.49. The molecule has 1 saturated heterocycles. The first-order valence-electron chi connectivity index (χ1n) is 7.10. The molecule has 1 aromatic heterocycles. The summed E-state index contributed by atoms with van der Waals surface area (Å²) in [5.74, 6) is -0.182. The number of anilines is 2. The van der Waals surface area contributed by atoms with E-state index < -0.39 is 0 Å². The molecule has 1 aliphatic rings. The summed E-state index contributed by atoms with van der Waals surface area (Å²) in [5.41, 5.74) is 6.88. The van der Waals surface area contributed by atoms with Crippen molar-refractivity contribution in [1.82, 2.24) is 9.88 Å². The maximum Gasteiger partial charge on any atom is 0.228 e. The number of nitrogens with zero attached hydrogens (tertiary/aromatic N) is 3. The van der Waals surface area contributed by atoms with Crippen molar-refractivity contribution in [2.45, 2.75) is 6.42 Å². The molecule has 22 heavy (non-hydrogen) atoms. The molecule has 1 amide bonds. The van der Waals surface area contributed by atoms with Crippen LogP contribution >= 0.6 is 11.3 Å². The van der Waals surface area contributed by atoms with Crippen molar-refractivity contribution in [2.75, 3.05) is 36.8 Å². The Labute approximate surface area is 132 Å². The Morgan fingerprint density at radius 2 is 2.00 bits per heavy atom. The number of aromatic nitrogens is 1. The van der Waals surface area contributed by atoms with Gasteiger partial charge in [-0.15, -0.1) is 11.3 Å². The SMILES string of the molecule is Nc1nc(CC(=O)N2CCN(c3ccccc3F)CC2)cs1. The van der Waals surface area contributed by atoms with Crippen molar-refractivity contribution in [3.05, 3.63) is 41.2 Å². The highest BCUT2D eigenvalue weighted by molar-refractivity contribution is 7.13. The number of rotatable bonds is 3. The second-order valence-corrected chi connectivity index (χ2v) is 6.06. The monoisotopic (exact) mass is 320 g/mol. The molecule has 7 heteroatoms. The largest absolute Gasteiger partial charge is 0.375 e. The Morgan fingerprint density at radius 1 is 1.27 bits per heavy atom. The van der Waals surface area contributed by atoms with E-state index in [0.29, 0.717) is 42.7 Å². The Hall–Kier alpha value is -2.15. The van der Waals surface area contributed by atoms with Crippen LogP contribution in [0, 0.1) is 5.82 Å². The lowest BCUT2D eigenvalue weighted by molar-refractivity contribution is -0.130. The van der Waals surface area contributed by atoms with Gasteiger partial charge < -0.3 is 15.5 Å². The fourth-order valence-corrected chi connectivity index (χ4v) is 3.14. The first kappa shape index (κ1) is 14.8. The summed E-state index contributed by atoms with van der Waals surface area (Å²) >= 11 is 1.34. The Kier molecular flexibility index (Phi) is 4.24. The number of piperazine rings is 1. The minimum Gasteiger partial charge on any atom is -0.375 e. The summed E-state index contributed by atoms with van der Waals surface area (Å²) in [4.78, 5) is 20.1. The van der Waals surface area contributed by atoms with Gasteiger partial charge in [-0.1, -0.05) is 12.1 Å². The van der Waals surface area contributed by atoms with E-state index >= 15 is 0 Å². The lowest BCUT2D eigenvalue weighted by Gasteiger charge is -2.36. The van der Waals surface area contributed by atoms with Crippen molar-refractivity contribution in [3.8, 4) is 0 Å². The Bertz CT molecular complexity index is 667. The van der Waals surface area contributed by atoms with Crippen LogP contribution in [0.1, 0.15) is 5.69 Å². The minimum atomic E-state index is -0.222. The van der Waals surface area contributed by atoms with Crippen molar-refractivity contribution >= 4 is 28.1 Å². The Morgan fingerprint density at radius 3 is 2.64 bits per heavy atom. The number of carbonyl (C=O) groups is 1.